The summed E-state index contributed by atoms with van der Waals surface area (Å²) in [4.78, 5) is 32.2. The molecule has 2 aliphatic heterocycles. The number of hydrogen-bond donors (Lipinski definition) is 1. The summed E-state index contributed by atoms with van der Waals surface area (Å²) in [6, 6.07) is 15.5. The summed E-state index contributed by atoms with van der Waals surface area (Å²) < 4.78 is 5.17. The first-order chi connectivity index (χ1) is 16.0. The zero-order valence-electron chi connectivity index (χ0n) is 19.6. The van der Waals surface area contributed by atoms with Gasteiger partial charge in [-0.3, -0.25) is 19.4 Å². The SMILES string of the molecule is COc1ccc(NC(=O)C2CCCN2CC(=O)N2CCN(Cc3ccccc3C)CC2)cc1. The van der Waals surface area contributed by atoms with Gasteiger partial charge in [0.2, 0.25) is 11.8 Å². The van der Waals surface area contributed by atoms with E-state index in [2.05, 4.69) is 41.4 Å². The molecule has 0 spiro atoms. The van der Waals surface area contributed by atoms with E-state index in [1.165, 1.54) is 11.1 Å². The number of likely N-dealkylation sites (tertiary alicyclic amines) is 1. The zero-order chi connectivity index (χ0) is 23.2. The van der Waals surface area contributed by atoms with Crippen LogP contribution in [-0.2, 0) is 16.1 Å². The molecule has 0 bridgehead atoms. The molecule has 2 amide bonds. The Balaban J connectivity index is 1.26. The number of carbonyl (C=O) groups excluding carboxylic acids is 2. The molecular formula is C26H34N4O3. The number of methoxy groups -OCH3 is 1. The van der Waals surface area contributed by atoms with E-state index in [0.29, 0.717) is 6.54 Å². The van der Waals surface area contributed by atoms with Gasteiger partial charge in [0.1, 0.15) is 5.75 Å². The molecule has 0 saturated carbocycles. The van der Waals surface area contributed by atoms with Gasteiger partial charge in [-0.05, 0) is 61.7 Å². The molecule has 33 heavy (non-hydrogen) atoms. The predicted molar refractivity (Wildman–Crippen MR) is 129 cm³/mol. The molecular weight excluding hydrogens is 416 g/mol. The molecule has 0 aromatic heterocycles. The summed E-state index contributed by atoms with van der Waals surface area (Å²) in [7, 11) is 1.62. The summed E-state index contributed by atoms with van der Waals surface area (Å²) in [5.41, 5.74) is 3.40. The smallest absolute Gasteiger partial charge is 0.241 e. The maximum atomic E-state index is 13.0. The molecule has 7 heteroatoms. The van der Waals surface area contributed by atoms with E-state index < -0.39 is 0 Å². The molecule has 1 atom stereocenters. The minimum Gasteiger partial charge on any atom is -0.497 e. The molecule has 2 saturated heterocycles. The molecule has 176 valence electrons. The van der Waals surface area contributed by atoms with Crippen LogP contribution in [0.3, 0.4) is 0 Å². The van der Waals surface area contributed by atoms with Crippen LogP contribution in [0.5, 0.6) is 5.75 Å². The van der Waals surface area contributed by atoms with Gasteiger partial charge in [-0.25, -0.2) is 0 Å². The molecule has 1 unspecified atom stereocenters. The van der Waals surface area contributed by atoms with Crippen LogP contribution in [0, 0.1) is 6.92 Å². The lowest BCUT2D eigenvalue weighted by Gasteiger charge is -2.36. The van der Waals surface area contributed by atoms with Crippen LogP contribution in [0.15, 0.2) is 48.5 Å². The average molecular weight is 451 g/mol. The monoisotopic (exact) mass is 450 g/mol. The number of amides is 2. The lowest BCUT2D eigenvalue weighted by atomic mass is 10.1. The second-order valence-electron chi connectivity index (χ2n) is 8.93. The van der Waals surface area contributed by atoms with Crippen molar-refractivity contribution < 1.29 is 14.3 Å². The van der Waals surface area contributed by atoms with Gasteiger partial charge in [0.05, 0.1) is 19.7 Å². The summed E-state index contributed by atoms with van der Waals surface area (Å²) in [6.45, 7) is 7.38. The Hall–Kier alpha value is -2.90. The zero-order valence-corrected chi connectivity index (χ0v) is 19.6. The highest BCUT2D eigenvalue weighted by atomic mass is 16.5. The molecule has 1 N–H and O–H groups in total. The average Bonchev–Trinajstić information content (AvgIpc) is 3.30. The highest BCUT2D eigenvalue weighted by molar-refractivity contribution is 5.95. The van der Waals surface area contributed by atoms with E-state index in [0.717, 1.165) is 63.5 Å². The van der Waals surface area contributed by atoms with Gasteiger partial charge in [-0.1, -0.05) is 24.3 Å². The molecule has 4 rings (SSSR count). The summed E-state index contributed by atoms with van der Waals surface area (Å²) in [5, 5.41) is 2.98. The van der Waals surface area contributed by atoms with Crippen molar-refractivity contribution in [2.24, 2.45) is 0 Å². The first kappa shape index (κ1) is 23.3. The number of carbonyl (C=O) groups is 2. The van der Waals surface area contributed by atoms with Crippen LogP contribution < -0.4 is 10.1 Å². The number of nitrogens with zero attached hydrogens (tertiary/aromatic N) is 3. The summed E-state index contributed by atoms with van der Waals surface area (Å²) >= 11 is 0. The van der Waals surface area contributed by atoms with E-state index >= 15 is 0 Å². The van der Waals surface area contributed by atoms with Crippen LogP contribution in [0.4, 0.5) is 5.69 Å². The number of aryl methyl sites for hydroxylation is 1. The normalized spacial score (nSPS) is 19.5. The van der Waals surface area contributed by atoms with E-state index in [4.69, 9.17) is 4.74 Å². The lowest BCUT2D eigenvalue weighted by molar-refractivity contribution is -0.135. The first-order valence-corrected chi connectivity index (χ1v) is 11.8. The molecule has 0 radical (unpaired) electrons. The second-order valence-corrected chi connectivity index (χ2v) is 8.93. The van der Waals surface area contributed by atoms with E-state index in [-0.39, 0.29) is 17.9 Å². The van der Waals surface area contributed by atoms with Crippen LogP contribution in [-0.4, -0.2) is 78.9 Å². The van der Waals surface area contributed by atoms with Crippen molar-refractivity contribution in [1.82, 2.24) is 14.7 Å². The van der Waals surface area contributed by atoms with Gasteiger partial charge >= 0.3 is 0 Å². The number of piperazine rings is 1. The van der Waals surface area contributed by atoms with Crippen molar-refractivity contribution in [3.63, 3.8) is 0 Å². The molecule has 2 fully saturated rings. The highest BCUT2D eigenvalue weighted by Gasteiger charge is 2.33. The third kappa shape index (κ3) is 5.92. The number of benzene rings is 2. The maximum absolute atomic E-state index is 13.0. The number of rotatable bonds is 7. The molecule has 2 aromatic carbocycles. The van der Waals surface area contributed by atoms with Gasteiger partial charge in [0.25, 0.3) is 0 Å². The van der Waals surface area contributed by atoms with Gasteiger partial charge in [0.15, 0.2) is 0 Å². The predicted octanol–water partition coefficient (Wildman–Crippen LogP) is 2.75. The quantitative estimate of drug-likeness (QED) is 0.703. The van der Waals surface area contributed by atoms with Gasteiger partial charge in [-0.2, -0.15) is 0 Å². The Kier molecular flexibility index (Phi) is 7.62. The van der Waals surface area contributed by atoms with Crippen molar-refractivity contribution in [3.8, 4) is 5.75 Å². The van der Waals surface area contributed by atoms with Crippen molar-refractivity contribution in [2.45, 2.75) is 32.4 Å². The topological polar surface area (TPSA) is 65.1 Å². The van der Waals surface area contributed by atoms with Crippen molar-refractivity contribution >= 4 is 17.5 Å². The van der Waals surface area contributed by atoms with Crippen LogP contribution in [0.2, 0.25) is 0 Å². The van der Waals surface area contributed by atoms with Crippen molar-refractivity contribution in [1.29, 1.82) is 0 Å². The second kappa shape index (κ2) is 10.8. The van der Waals surface area contributed by atoms with E-state index in [1.807, 2.05) is 34.1 Å². The van der Waals surface area contributed by atoms with Crippen LogP contribution >= 0.6 is 0 Å². The van der Waals surface area contributed by atoms with Crippen molar-refractivity contribution in [2.75, 3.05) is 51.7 Å². The van der Waals surface area contributed by atoms with Crippen LogP contribution in [0.25, 0.3) is 0 Å². The number of anilines is 1. The lowest BCUT2D eigenvalue weighted by Crippen LogP contribution is -2.52. The largest absolute Gasteiger partial charge is 0.497 e. The highest BCUT2D eigenvalue weighted by Crippen LogP contribution is 2.21. The fraction of sp³-hybridized carbons (Fsp3) is 0.462. The number of ether oxygens (including phenoxy) is 1. The Morgan fingerprint density at radius 1 is 1.00 bits per heavy atom. The molecule has 2 heterocycles. The fourth-order valence-corrected chi connectivity index (χ4v) is 4.67. The first-order valence-electron chi connectivity index (χ1n) is 11.8. The number of nitrogens with one attached hydrogen (secondary N) is 1. The summed E-state index contributed by atoms with van der Waals surface area (Å²) in [6.07, 6.45) is 1.71. The Labute approximate surface area is 196 Å². The molecule has 7 nitrogen and oxygen atoms in total. The van der Waals surface area contributed by atoms with Gasteiger partial charge in [0, 0.05) is 38.4 Å². The Morgan fingerprint density at radius 3 is 2.42 bits per heavy atom. The summed E-state index contributed by atoms with van der Waals surface area (Å²) in [5.74, 6) is 0.822. The molecule has 2 aliphatic rings. The minimum atomic E-state index is -0.265. The standard InChI is InChI=1S/C26H34N4O3/c1-20-6-3-4-7-21(20)18-28-14-16-29(17-15-28)25(31)19-30-13-5-8-24(30)26(32)27-22-9-11-23(33-2)12-10-22/h3-4,6-7,9-12,24H,5,8,13-19H2,1-2H3,(H,27,32). The maximum Gasteiger partial charge on any atom is 0.241 e. The minimum absolute atomic E-state index is 0.0477. The molecule has 0 aliphatic carbocycles. The van der Waals surface area contributed by atoms with E-state index in [1.54, 1.807) is 7.11 Å². The van der Waals surface area contributed by atoms with Crippen LogP contribution in [0.1, 0.15) is 24.0 Å². The van der Waals surface area contributed by atoms with Crippen molar-refractivity contribution in [3.05, 3.63) is 59.7 Å². The third-order valence-electron chi connectivity index (χ3n) is 6.74. The van der Waals surface area contributed by atoms with Gasteiger partial charge in [-0.15, -0.1) is 0 Å². The fourth-order valence-electron chi connectivity index (χ4n) is 4.67. The number of hydrogen-bond acceptors (Lipinski definition) is 5. The third-order valence-corrected chi connectivity index (χ3v) is 6.74. The molecule has 2 aromatic rings. The van der Waals surface area contributed by atoms with E-state index in [9.17, 15) is 9.59 Å². The van der Waals surface area contributed by atoms with Gasteiger partial charge < -0.3 is 15.0 Å². The Bertz CT molecular complexity index is 954. The Morgan fingerprint density at radius 2 is 1.73 bits per heavy atom.